The molecule has 5 heteroatoms. The maximum atomic E-state index is 6.34. The van der Waals surface area contributed by atoms with E-state index in [0.29, 0.717) is 0 Å². The monoisotopic (exact) mass is 545 g/mol. The molecule has 0 rings (SSSR count). The van der Waals surface area contributed by atoms with Crippen LogP contribution in [0.15, 0.2) is 0 Å². The van der Waals surface area contributed by atoms with Crippen molar-refractivity contribution in [2.45, 2.75) is 156 Å². The van der Waals surface area contributed by atoms with Crippen molar-refractivity contribution in [2.24, 2.45) is 5.92 Å². The van der Waals surface area contributed by atoms with Gasteiger partial charge in [0.15, 0.2) is 0 Å². The topological polar surface area (TPSA) is 12.5 Å². The van der Waals surface area contributed by atoms with Gasteiger partial charge in [-0.25, -0.2) is 0 Å². The summed E-state index contributed by atoms with van der Waals surface area (Å²) in [6, 6.07) is 0. The van der Waals surface area contributed by atoms with E-state index in [0.717, 1.165) is 12.5 Å². The van der Waals surface area contributed by atoms with Crippen LogP contribution < -0.4 is 0 Å². The molecule has 0 bridgehead atoms. The zero-order chi connectivity index (χ0) is 22.8. The molecule has 202 valence electrons. The largest absolute Gasteiger partial charge is 0.147 e. The van der Waals surface area contributed by atoms with Crippen LogP contribution in [0.2, 0.25) is 0 Å². The van der Waals surface area contributed by atoms with Crippen LogP contribution in [0.1, 0.15) is 156 Å². The fraction of sp³-hybridized carbons (Fsp3) is 1.00. The van der Waals surface area contributed by atoms with Crippen LogP contribution in [0.3, 0.4) is 0 Å². The van der Waals surface area contributed by atoms with Gasteiger partial charge in [-0.15, -0.1) is 24.8 Å². The maximum Gasteiger partial charge on any atom is -0.147 e. The Balaban J connectivity index is -0.00000450. The minimum absolute atomic E-state index is 0. The number of unbranched alkanes of at least 4 members (excludes halogenated alkanes) is 15. The molecule has 0 aromatic rings. The van der Waals surface area contributed by atoms with Gasteiger partial charge in [0, 0.05) is 0 Å². The number of hydrogen-bond donors (Lipinski definition) is 0. The fourth-order valence-corrected chi connectivity index (χ4v) is 5.77. The summed E-state index contributed by atoms with van der Waals surface area (Å²) in [5.74, 6) is 0.789. The zero-order valence-corrected chi connectivity index (χ0v) is 26.2. The Bertz CT molecular complexity index is 317. The van der Waals surface area contributed by atoms with E-state index in [-0.39, 0.29) is 44.6 Å². The van der Waals surface area contributed by atoms with Crippen LogP contribution in [-0.4, -0.2) is 23.1 Å². The molecule has 0 heterocycles. The van der Waals surface area contributed by atoms with E-state index in [4.69, 9.17) is 3.32 Å². The van der Waals surface area contributed by atoms with Crippen molar-refractivity contribution in [1.29, 1.82) is 0 Å². The number of halogens is 2. The van der Waals surface area contributed by atoms with Gasteiger partial charge in [0.2, 0.25) is 0 Å². The quantitative estimate of drug-likeness (QED) is 0.0790. The molecule has 0 aliphatic heterocycles. The van der Waals surface area contributed by atoms with Crippen LogP contribution in [0.25, 0.3) is 0 Å². The summed E-state index contributed by atoms with van der Waals surface area (Å²) in [7, 11) is 0. The second kappa shape index (κ2) is 33.2. The Morgan fingerprint density at radius 3 is 1.33 bits per heavy atom. The third kappa shape index (κ3) is 29.3. The Hall–Kier alpha value is 1.21. The molecule has 0 saturated heterocycles. The molecule has 0 N–H and O–H groups in total. The van der Waals surface area contributed by atoms with E-state index in [2.05, 4.69) is 31.1 Å². The van der Waals surface area contributed by atoms with Gasteiger partial charge in [-0.1, -0.05) is 0 Å². The summed E-state index contributed by atoms with van der Waals surface area (Å²) >= 11 is -0.381. The van der Waals surface area contributed by atoms with Crippen LogP contribution in [-0.2, 0) is 23.1 Å². The summed E-state index contributed by atoms with van der Waals surface area (Å²) in [5.41, 5.74) is 0. The Morgan fingerprint density at radius 2 is 0.939 bits per heavy atom. The number of rotatable bonds is 26. The van der Waals surface area contributed by atoms with Gasteiger partial charge in [0.1, 0.15) is 0 Å². The van der Waals surface area contributed by atoms with Crippen molar-refractivity contribution in [3.05, 3.63) is 0 Å². The second-order valence-corrected chi connectivity index (χ2v) is 11.5. The van der Waals surface area contributed by atoms with E-state index in [1.165, 1.54) is 142 Å². The summed E-state index contributed by atoms with van der Waals surface area (Å²) in [6.07, 6.45) is 28.0. The van der Waals surface area contributed by atoms with Crippen LogP contribution in [0.4, 0.5) is 0 Å². The van der Waals surface area contributed by atoms with Crippen molar-refractivity contribution < 1.29 is 23.1 Å². The van der Waals surface area contributed by atoms with E-state index < -0.39 is 0 Å². The van der Waals surface area contributed by atoms with Gasteiger partial charge in [-0.3, -0.25) is 0 Å². The van der Waals surface area contributed by atoms with Crippen molar-refractivity contribution in [3.63, 3.8) is 0 Å². The fourth-order valence-electron chi connectivity index (χ4n) is 4.22. The predicted octanol–water partition coefficient (Wildman–Crippen LogP) is 10.6. The number of nitrogens with zero attached hydrogens (tertiary/aromatic N) is 1. The molecule has 0 radical (unpaired) electrons. The first kappa shape index (κ1) is 38.7. The van der Waals surface area contributed by atoms with E-state index in [1.54, 1.807) is 0 Å². The molecule has 0 fully saturated rings. The second-order valence-electron chi connectivity index (χ2n) is 9.76. The molecule has 33 heavy (non-hydrogen) atoms. The molecular weight excluding hydrogens is 485 g/mol. The molecule has 0 spiro atoms. The molecule has 0 saturated carbocycles. The molecule has 0 aliphatic rings. The molecule has 0 aromatic carbocycles. The minimum Gasteiger partial charge on any atom is -0.147 e. The summed E-state index contributed by atoms with van der Waals surface area (Å²) in [4.78, 5) is 0. The van der Waals surface area contributed by atoms with Crippen LogP contribution in [0, 0.1) is 5.92 Å². The maximum absolute atomic E-state index is 6.34. The van der Waals surface area contributed by atoms with Gasteiger partial charge < -0.3 is 0 Å². The van der Waals surface area contributed by atoms with Gasteiger partial charge in [0.25, 0.3) is 0 Å². The minimum atomic E-state index is -0.381. The third-order valence-electron chi connectivity index (χ3n) is 6.62. The van der Waals surface area contributed by atoms with Crippen LogP contribution >= 0.6 is 24.8 Å². The van der Waals surface area contributed by atoms with Crippen molar-refractivity contribution in [2.75, 3.05) is 19.7 Å². The van der Waals surface area contributed by atoms with Gasteiger partial charge in [-0.2, -0.15) is 0 Å². The molecule has 0 amide bonds. The number of hydrogen-bond acceptors (Lipinski definition) is 2. The summed E-state index contributed by atoms with van der Waals surface area (Å²) in [5, 5.41) is 0. The van der Waals surface area contributed by atoms with Crippen LogP contribution in [0.5, 0.6) is 0 Å². The predicted molar refractivity (Wildman–Crippen MR) is 151 cm³/mol. The van der Waals surface area contributed by atoms with Gasteiger partial charge >= 0.3 is 208 Å². The summed E-state index contributed by atoms with van der Waals surface area (Å²) < 4.78 is 9.08. The average Bonchev–Trinajstić information content (AvgIpc) is 2.79. The van der Waals surface area contributed by atoms with Gasteiger partial charge in [0.05, 0.1) is 0 Å². The van der Waals surface area contributed by atoms with Crippen molar-refractivity contribution in [1.82, 2.24) is 3.38 Å². The first-order chi connectivity index (χ1) is 15.3. The molecule has 1 unspecified atom stereocenters. The zero-order valence-electron chi connectivity index (χ0n) is 23.0. The Morgan fingerprint density at radius 1 is 0.545 bits per heavy atom. The summed E-state index contributed by atoms with van der Waals surface area (Å²) in [6.45, 7) is 12.8. The van der Waals surface area contributed by atoms with Crippen molar-refractivity contribution in [3.8, 4) is 0 Å². The molecule has 2 nitrogen and oxygen atoms in total. The normalized spacial score (nSPS) is 11.8. The standard InChI is InChI=1S/C20H42N.C8H17O.2ClH.Ti/c1-3-5-7-9-11-13-15-17-19-21-20-18-16-14-12-10-8-6-4-2;1-3-5-6-8(4-2)7-9;;;/h3-20H2,1-2H3;8H,3-7H2,1-2H3;2*1H;/q2*-1;;;+2. The first-order valence-corrected chi connectivity index (χ1v) is 15.7. The van der Waals surface area contributed by atoms with Gasteiger partial charge in [-0.05, 0) is 0 Å². The first-order valence-electron chi connectivity index (χ1n) is 14.4. The average molecular weight is 547 g/mol. The van der Waals surface area contributed by atoms with E-state index in [1.807, 2.05) is 0 Å². The Labute approximate surface area is 232 Å². The van der Waals surface area contributed by atoms with E-state index in [9.17, 15) is 0 Å². The molecule has 1 atom stereocenters. The third-order valence-corrected chi connectivity index (χ3v) is 8.18. The SMILES string of the molecule is CCCCCCCCCC[N](CCCCCCCCCC)[Ti][O]CC(CC)CCCC.Cl.Cl. The molecular formula is C28H61Cl2NOTi. The van der Waals surface area contributed by atoms with E-state index >= 15 is 0 Å². The van der Waals surface area contributed by atoms with Crippen molar-refractivity contribution >= 4 is 24.8 Å². The Kier molecular flexibility index (Phi) is 39.0. The smallest absolute Gasteiger partial charge is 0.147 e. The molecule has 0 aliphatic carbocycles. The molecule has 0 aromatic heterocycles.